The number of aliphatic imine (C=N–C) groups is 1. The molecule has 39 heavy (non-hydrogen) atoms. The van der Waals surface area contributed by atoms with E-state index in [0.29, 0.717) is 29.6 Å². The van der Waals surface area contributed by atoms with E-state index in [9.17, 15) is 10.1 Å². The van der Waals surface area contributed by atoms with Gasteiger partial charge in [-0.2, -0.15) is 5.26 Å². The fourth-order valence-corrected chi connectivity index (χ4v) is 6.02. The molecular formula is C32H37N3O3S. The molecule has 7 heteroatoms. The van der Waals surface area contributed by atoms with Gasteiger partial charge in [0.05, 0.1) is 12.2 Å². The number of hydrogen-bond donors (Lipinski definition) is 1. The van der Waals surface area contributed by atoms with Crippen LogP contribution in [0.3, 0.4) is 0 Å². The maximum absolute atomic E-state index is 12.5. The molecule has 0 unspecified atom stereocenters. The van der Waals surface area contributed by atoms with Gasteiger partial charge in [-0.1, -0.05) is 26.8 Å². The lowest BCUT2D eigenvalue weighted by molar-refractivity contribution is -0.118. The second kappa shape index (κ2) is 12.0. The Hall–Kier alpha value is -3.63. The number of fused-ring (bicyclic) bond motifs is 1. The lowest BCUT2D eigenvalue weighted by atomic mass is 9.72. The van der Waals surface area contributed by atoms with E-state index in [-0.39, 0.29) is 17.9 Å². The topological polar surface area (TPSA) is 83.7 Å². The molecule has 0 bridgehead atoms. The third-order valence-electron chi connectivity index (χ3n) is 7.33. The third-order valence-corrected chi connectivity index (χ3v) is 8.49. The van der Waals surface area contributed by atoms with E-state index in [1.807, 2.05) is 51.1 Å². The SMILES string of the molecule is CCOc1cc(C=Nc2sc3c(c2C#N)CC[C@H](C(C)(C)C)C3)ccc1OCC(=O)Nc1ccc(C)c(C)c1. The zero-order chi connectivity index (χ0) is 28.2. The monoisotopic (exact) mass is 543 g/mol. The van der Waals surface area contributed by atoms with Crippen molar-refractivity contribution in [3.05, 3.63) is 69.1 Å². The first-order valence-electron chi connectivity index (χ1n) is 13.4. The molecule has 4 rings (SSSR count). The van der Waals surface area contributed by atoms with E-state index in [0.717, 1.165) is 41.1 Å². The zero-order valence-electron chi connectivity index (χ0n) is 23.7. The van der Waals surface area contributed by atoms with E-state index in [2.05, 4.69) is 32.2 Å². The van der Waals surface area contributed by atoms with Crippen molar-refractivity contribution in [1.82, 2.24) is 0 Å². The number of ether oxygens (including phenoxy) is 2. The van der Waals surface area contributed by atoms with E-state index in [4.69, 9.17) is 14.5 Å². The zero-order valence-corrected chi connectivity index (χ0v) is 24.5. The van der Waals surface area contributed by atoms with Crippen LogP contribution in [0.25, 0.3) is 0 Å². The van der Waals surface area contributed by atoms with Crippen LogP contribution >= 0.6 is 11.3 Å². The Kier molecular flexibility index (Phi) is 8.76. The Labute approximate surface area is 235 Å². The van der Waals surface area contributed by atoms with Gasteiger partial charge in [0.1, 0.15) is 11.1 Å². The van der Waals surface area contributed by atoms with Crippen LogP contribution in [0, 0.1) is 36.5 Å². The lowest BCUT2D eigenvalue weighted by Crippen LogP contribution is -2.26. The Bertz CT molecular complexity index is 1430. The minimum Gasteiger partial charge on any atom is -0.490 e. The Balaban J connectivity index is 1.46. The van der Waals surface area contributed by atoms with Crippen molar-refractivity contribution in [2.45, 2.75) is 60.8 Å². The van der Waals surface area contributed by atoms with E-state index >= 15 is 0 Å². The summed E-state index contributed by atoms with van der Waals surface area (Å²) in [7, 11) is 0. The standard InChI is InChI=1S/C32H37N3O3S/c1-7-37-28-15-22(9-13-27(28)38-19-30(36)35-24-11-8-20(2)21(3)14-24)18-34-31-26(17-33)25-12-10-23(32(4,5)6)16-29(25)39-31/h8-9,11,13-15,18,23H,7,10,12,16,19H2,1-6H3,(H,35,36)/t23-/m0/s1. The molecule has 1 aromatic heterocycles. The van der Waals surface area contributed by atoms with Crippen molar-refractivity contribution in [2.75, 3.05) is 18.5 Å². The smallest absolute Gasteiger partial charge is 0.262 e. The van der Waals surface area contributed by atoms with Gasteiger partial charge in [-0.05, 0) is 104 Å². The molecule has 0 fully saturated rings. The fourth-order valence-electron chi connectivity index (χ4n) is 4.80. The predicted molar refractivity (Wildman–Crippen MR) is 159 cm³/mol. The molecule has 1 heterocycles. The average molecular weight is 544 g/mol. The Morgan fingerprint density at radius 2 is 1.95 bits per heavy atom. The summed E-state index contributed by atoms with van der Waals surface area (Å²) < 4.78 is 11.6. The second-order valence-corrected chi connectivity index (χ2v) is 12.2. The highest BCUT2D eigenvalue weighted by Gasteiger charge is 2.32. The highest BCUT2D eigenvalue weighted by molar-refractivity contribution is 7.16. The fraction of sp³-hybridized carbons (Fsp3) is 0.406. The summed E-state index contributed by atoms with van der Waals surface area (Å²) in [5.74, 6) is 1.39. The summed E-state index contributed by atoms with van der Waals surface area (Å²) in [6.07, 6.45) is 4.81. The summed E-state index contributed by atoms with van der Waals surface area (Å²) in [6.45, 7) is 13.1. The van der Waals surface area contributed by atoms with Crippen LogP contribution in [0.5, 0.6) is 11.5 Å². The summed E-state index contributed by atoms with van der Waals surface area (Å²) in [4.78, 5) is 18.5. The minimum atomic E-state index is -0.245. The number of amides is 1. The largest absolute Gasteiger partial charge is 0.490 e. The van der Waals surface area contributed by atoms with Gasteiger partial charge in [0, 0.05) is 16.8 Å². The van der Waals surface area contributed by atoms with Crippen molar-refractivity contribution in [3.63, 3.8) is 0 Å². The molecule has 6 nitrogen and oxygen atoms in total. The first-order chi connectivity index (χ1) is 18.6. The highest BCUT2D eigenvalue weighted by atomic mass is 32.1. The number of thiophene rings is 1. The molecule has 1 atom stereocenters. The maximum atomic E-state index is 12.5. The van der Waals surface area contributed by atoms with Crippen LogP contribution in [0.1, 0.15) is 66.8 Å². The van der Waals surface area contributed by atoms with Crippen molar-refractivity contribution in [2.24, 2.45) is 16.3 Å². The number of nitrogens with one attached hydrogen (secondary N) is 1. The first kappa shape index (κ1) is 28.4. The Morgan fingerprint density at radius 1 is 1.15 bits per heavy atom. The molecule has 0 spiro atoms. The summed E-state index contributed by atoms with van der Waals surface area (Å²) in [5, 5.41) is 13.5. The van der Waals surface area contributed by atoms with Crippen LogP contribution in [-0.2, 0) is 17.6 Å². The van der Waals surface area contributed by atoms with Gasteiger partial charge in [-0.15, -0.1) is 11.3 Å². The average Bonchev–Trinajstić information content (AvgIpc) is 3.25. The quantitative estimate of drug-likeness (QED) is 0.297. The maximum Gasteiger partial charge on any atom is 0.262 e. The molecule has 1 aliphatic rings. The number of aryl methyl sites for hydroxylation is 2. The summed E-state index contributed by atoms with van der Waals surface area (Å²) in [6, 6.07) is 13.7. The molecule has 0 saturated carbocycles. The van der Waals surface area contributed by atoms with Gasteiger partial charge in [0.25, 0.3) is 5.91 Å². The predicted octanol–water partition coefficient (Wildman–Crippen LogP) is 7.55. The van der Waals surface area contributed by atoms with Gasteiger partial charge < -0.3 is 14.8 Å². The number of nitriles is 1. The van der Waals surface area contributed by atoms with Gasteiger partial charge in [-0.3, -0.25) is 4.79 Å². The van der Waals surface area contributed by atoms with Gasteiger partial charge in [0.15, 0.2) is 18.1 Å². The normalized spacial score (nSPS) is 15.1. The van der Waals surface area contributed by atoms with E-state index < -0.39 is 0 Å². The van der Waals surface area contributed by atoms with Gasteiger partial charge in [-0.25, -0.2) is 4.99 Å². The molecule has 3 aromatic rings. The van der Waals surface area contributed by atoms with Crippen LogP contribution in [0.4, 0.5) is 10.7 Å². The number of carbonyl (C=O) groups excluding carboxylic acids is 1. The van der Waals surface area contributed by atoms with Crippen molar-refractivity contribution in [1.29, 1.82) is 5.26 Å². The number of hydrogen-bond acceptors (Lipinski definition) is 6. The van der Waals surface area contributed by atoms with Gasteiger partial charge >= 0.3 is 0 Å². The highest BCUT2D eigenvalue weighted by Crippen LogP contribution is 2.45. The van der Waals surface area contributed by atoms with E-state index in [1.165, 1.54) is 16.0 Å². The van der Waals surface area contributed by atoms with Crippen molar-refractivity contribution in [3.8, 4) is 17.6 Å². The molecule has 1 amide bonds. The first-order valence-corrected chi connectivity index (χ1v) is 14.3. The molecule has 204 valence electrons. The van der Waals surface area contributed by atoms with Gasteiger partial charge in [0.2, 0.25) is 0 Å². The van der Waals surface area contributed by atoms with E-state index in [1.54, 1.807) is 23.6 Å². The molecule has 1 N–H and O–H groups in total. The molecule has 0 aliphatic heterocycles. The second-order valence-electron chi connectivity index (χ2n) is 11.1. The van der Waals surface area contributed by atoms with Crippen molar-refractivity contribution < 1.29 is 14.3 Å². The van der Waals surface area contributed by atoms with Crippen LogP contribution in [0.2, 0.25) is 0 Å². The molecule has 0 radical (unpaired) electrons. The number of rotatable bonds is 8. The number of carbonyl (C=O) groups is 1. The third kappa shape index (κ3) is 6.88. The molecule has 1 aliphatic carbocycles. The Morgan fingerprint density at radius 3 is 2.64 bits per heavy atom. The van der Waals surface area contributed by atoms with Crippen LogP contribution < -0.4 is 14.8 Å². The molecule has 0 saturated heterocycles. The van der Waals surface area contributed by atoms with Crippen LogP contribution in [0.15, 0.2) is 41.4 Å². The number of nitrogens with zero attached hydrogens (tertiary/aromatic N) is 2. The summed E-state index contributed by atoms with van der Waals surface area (Å²) in [5.41, 5.74) is 5.98. The van der Waals surface area contributed by atoms with Crippen molar-refractivity contribution >= 4 is 34.1 Å². The molecular weight excluding hydrogens is 506 g/mol. The summed E-state index contributed by atoms with van der Waals surface area (Å²) >= 11 is 1.64. The van der Waals surface area contributed by atoms with Crippen LogP contribution in [-0.4, -0.2) is 25.3 Å². The number of anilines is 1. The minimum absolute atomic E-state index is 0.137. The molecule has 2 aromatic carbocycles. The number of benzene rings is 2. The lowest BCUT2D eigenvalue weighted by Gasteiger charge is -2.33.